The second kappa shape index (κ2) is 14.8. The lowest BCUT2D eigenvalue weighted by Crippen LogP contribution is -2.42. The van der Waals surface area contributed by atoms with Crippen molar-refractivity contribution in [2.24, 2.45) is 10.9 Å². The number of nitrogens with zero attached hydrogens (tertiary/aromatic N) is 1. The number of rotatable bonds is 11. The number of aliphatic imine (C=N–C) groups is 1. The molecule has 0 heterocycles. The van der Waals surface area contributed by atoms with Crippen LogP contribution in [0.5, 0.6) is 11.5 Å². The fourth-order valence-corrected chi connectivity index (χ4v) is 2.46. The summed E-state index contributed by atoms with van der Waals surface area (Å²) in [6.07, 6.45) is 2.31. The van der Waals surface area contributed by atoms with E-state index in [1.54, 1.807) is 7.11 Å². The number of aliphatic hydroxyl groups excluding tert-OH is 1. The third kappa shape index (κ3) is 10.6. The molecule has 0 saturated heterocycles. The number of nitrogens with one attached hydrogen (secondary N) is 2. The molecule has 1 atom stereocenters. The summed E-state index contributed by atoms with van der Waals surface area (Å²) in [5.41, 5.74) is 1.03. The van der Waals surface area contributed by atoms with Crippen molar-refractivity contribution in [2.45, 2.75) is 53.1 Å². The van der Waals surface area contributed by atoms with E-state index in [2.05, 4.69) is 43.3 Å². The van der Waals surface area contributed by atoms with Crippen molar-refractivity contribution in [1.29, 1.82) is 0 Å². The van der Waals surface area contributed by atoms with Gasteiger partial charge in [-0.05, 0) is 50.3 Å². The average molecular weight is 493 g/mol. The summed E-state index contributed by atoms with van der Waals surface area (Å²) in [4.78, 5) is 4.68. The molecule has 27 heavy (non-hydrogen) atoms. The fraction of sp³-hybridized carbons (Fsp3) is 0.650. The van der Waals surface area contributed by atoms with Crippen molar-refractivity contribution in [3.8, 4) is 11.5 Å². The molecule has 3 N–H and O–H groups in total. The summed E-state index contributed by atoms with van der Waals surface area (Å²) >= 11 is 0. The standard InChI is InChI=1S/C20H35N3O3.HI/c1-6-21-20(23-16(4)8-7-15(2)3)22-14-17-9-10-18(26-12-11-24)19(13-17)25-5;/h9-10,13,15-16,24H,6-8,11-12,14H2,1-5H3,(H2,21,22,23);1H. The first kappa shape index (κ1) is 25.8. The monoisotopic (exact) mass is 493 g/mol. The van der Waals surface area contributed by atoms with E-state index in [9.17, 15) is 0 Å². The van der Waals surface area contributed by atoms with Gasteiger partial charge in [-0.3, -0.25) is 0 Å². The van der Waals surface area contributed by atoms with Crippen molar-refractivity contribution in [3.05, 3.63) is 23.8 Å². The zero-order valence-electron chi connectivity index (χ0n) is 17.2. The highest BCUT2D eigenvalue weighted by atomic mass is 127. The van der Waals surface area contributed by atoms with Crippen LogP contribution in [0.1, 0.15) is 46.1 Å². The number of methoxy groups -OCH3 is 1. The first-order chi connectivity index (χ1) is 12.5. The van der Waals surface area contributed by atoms with Crippen LogP contribution in [0.15, 0.2) is 23.2 Å². The number of hydrogen-bond donors (Lipinski definition) is 3. The van der Waals surface area contributed by atoms with Crippen molar-refractivity contribution in [3.63, 3.8) is 0 Å². The van der Waals surface area contributed by atoms with Crippen LogP contribution < -0.4 is 20.1 Å². The molecular weight excluding hydrogens is 457 g/mol. The van der Waals surface area contributed by atoms with Crippen molar-refractivity contribution >= 4 is 29.9 Å². The van der Waals surface area contributed by atoms with Crippen LogP contribution >= 0.6 is 24.0 Å². The predicted molar refractivity (Wildman–Crippen MR) is 122 cm³/mol. The van der Waals surface area contributed by atoms with E-state index in [0.29, 0.717) is 30.0 Å². The molecule has 0 bridgehead atoms. The maximum Gasteiger partial charge on any atom is 0.191 e. The molecule has 6 nitrogen and oxygen atoms in total. The van der Waals surface area contributed by atoms with Gasteiger partial charge in [0, 0.05) is 12.6 Å². The Morgan fingerprint density at radius 3 is 2.52 bits per heavy atom. The van der Waals surface area contributed by atoms with Crippen molar-refractivity contribution in [1.82, 2.24) is 10.6 Å². The Balaban J connectivity index is 0.00000676. The molecule has 0 aliphatic heterocycles. The number of benzene rings is 1. The molecule has 0 radical (unpaired) electrons. The van der Waals surface area contributed by atoms with Crippen LogP contribution in [0, 0.1) is 5.92 Å². The highest BCUT2D eigenvalue weighted by Crippen LogP contribution is 2.28. The maximum atomic E-state index is 8.88. The SMILES string of the molecule is CCNC(=NCc1ccc(OCCO)c(OC)c1)NC(C)CCC(C)C.I. The Labute approximate surface area is 181 Å². The van der Waals surface area contributed by atoms with Gasteiger partial charge in [0.1, 0.15) is 6.61 Å². The van der Waals surface area contributed by atoms with Crippen LogP contribution in [0.3, 0.4) is 0 Å². The van der Waals surface area contributed by atoms with Gasteiger partial charge in [0.2, 0.25) is 0 Å². The zero-order valence-corrected chi connectivity index (χ0v) is 19.6. The van der Waals surface area contributed by atoms with Crippen LogP contribution in [-0.2, 0) is 6.54 Å². The van der Waals surface area contributed by atoms with Crippen LogP contribution in [-0.4, -0.2) is 44.0 Å². The quantitative estimate of drug-likeness (QED) is 0.250. The third-order valence-electron chi connectivity index (χ3n) is 3.90. The number of aliphatic hydroxyl groups is 1. The van der Waals surface area contributed by atoms with Gasteiger partial charge in [0.15, 0.2) is 17.5 Å². The van der Waals surface area contributed by atoms with Gasteiger partial charge in [-0.2, -0.15) is 0 Å². The van der Waals surface area contributed by atoms with Crippen LogP contribution in [0.2, 0.25) is 0 Å². The molecule has 0 aromatic heterocycles. The van der Waals surface area contributed by atoms with Gasteiger partial charge in [-0.25, -0.2) is 4.99 Å². The van der Waals surface area contributed by atoms with E-state index in [1.165, 1.54) is 6.42 Å². The minimum Gasteiger partial charge on any atom is -0.493 e. The predicted octanol–water partition coefficient (Wildman–Crippen LogP) is 3.56. The maximum absolute atomic E-state index is 8.88. The third-order valence-corrected chi connectivity index (χ3v) is 3.90. The Bertz CT molecular complexity index is 553. The molecule has 1 aromatic carbocycles. The van der Waals surface area contributed by atoms with Crippen LogP contribution in [0.4, 0.5) is 0 Å². The largest absolute Gasteiger partial charge is 0.493 e. The van der Waals surface area contributed by atoms with Gasteiger partial charge in [-0.1, -0.05) is 19.9 Å². The number of hydrogen-bond acceptors (Lipinski definition) is 4. The van der Waals surface area contributed by atoms with E-state index >= 15 is 0 Å². The number of halogens is 1. The topological polar surface area (TPSA) is 75.1 Å². The lowest BCUT2D eigenvalue weighted by molar-refractivity contribution is 0.196. The molecule has 0 aliphatic rings. The van der Waals surface area contributed by atoms with Gasteiger partial charge in [0.25, 0.3) is 0 Å². The van der Waals surface area contributed by atoms with E-state index in [4.69, 9.17) is 14.6 Å². The summed E-state index contributed by atoms with van der Waals surface area (Å²) in [7, 11) is 1.61. The second-order valence-corrected chi connectivity index (χ2v) is 6.77. The molecule has 0 amide bonds. The smallest absolute Gasteiger partial charge is 0.191 e. The first-order valence-corrected chi connectivity index (χ1v) is 9.45. The Kier molecular flexibility index (Phi) is 14.1. The van der Waals surface area contributed by atoms with E-state index < -0.39 is 0 Å². The Hall–Kier alpha value is -1.22. The Morgan fingerprint density at radius 2 is 1.93 bits per heavy atom. The number of ether oxygens (including phenoxy) is 2. The van der Waals surface area contributed by atoms with Gasteiger partial charge >= 0.3 is 0 Å². The molecular formula is C20H36IN3O3. The highest BCUT2D eigenvalue weighted by Gasteiger charge is 2.08. The normalized spacial score (nSPS) is 12.3. The molecule has 156 valence electrons. The molecule has 0 fully saturated rings. The minimum absolute atomic E-state index is 0. The first-order valence-electron chi connectivity index (χ1n) is 9.45. The summed E-state index contributed by atoms with van der Waals surface area (Å²) in [5.74, 6) is 2.80. The zero-order chi connectivity index (χ0) is 19.4. The second-order valence-electron chi connectivity index (χ2n) is 6.77. The highest BCUT2D eigenvalue weighted by molar-refractivity contribution is 14.0. The molecule has 1 unspecified atom stereocenters. The van der Waals surface area contributed by atoms with Gasteiger partial charge in [0.05, 0.1) is 20.3 Å². The lowest BCUT2D eigenvalue weighted by atomic mass is 10.0. The average Bonchev–Trinajstić information content (AvgIpc) is 2.63. The molecule has 7 heteroatoms. The Morgan fingerprint density at radius 1 is 1.19 bits per heavy atom. The summed E-state index contributed by atoms with van der Waals surface area (Å²) in [5, 5.41) is 15.6. The van der Waals surface area contributed by atoms with Gasteiger partial charge in [-0.15, -0.1) is 24.0 Å². The molecule has 0 spiro atoms. The molecule has 1 rings (SSSR count). The van der Waals surface area contributed by atoms with Crippen molar-refractivity contribution < 1.29 is 14.6 Å². The fourth-order valence-electron chi connectivity index (χ4n) is 2.46. The lowest BCUT2D eigenvalue weighted by Gasteiger charge is -2.18. The van der Waals surface area contributed by atoms with E-state index in [1.807, 2.05) is 18.2 Å². The summed E-state index contributed by atoms with van der Waals surface area (Å²) in [6, 6.07) is 6.11. The number of guanidine groups is 1. The van der Waals surface area contributed by atoms with E-state index in [0.717, 1.165) is 24.5 Å². The molecule has 1 aromatic rings. The van der Waals surface area contributed by atoms with Gasteiger partial charge < -0.3 is 25.2 Å². The molecule has 0 saturated carbocycles. The van der Waals surface area contributed by atoms with Crippen LogP contribution in [0.25, 0.3) is 0 Å². The molecule has 0 aliphatic carbocycles. The summed E-state index contributed by atoms with van der Waals surface area (Å²) < 4.78 is 10.8. The van der Waals surface area contributed by atoms with Crippen molar-refractivity contribution in [2.75, 3.05) is 26.9 Å². The summed E-state index contributed by atoms with van der Waals surface area (Å²) in [6.45, 7) is 10.3. The minimum atomic E-state index is -0.0259. The van der Waals surface area contributed by atoms with E-state index in [-0.39, 0.29) is 37.2 Å².